The number of thiocarbonyl (C=S) groups is 1. The number of methoxy groups -OCH3 is 1. The van der Waals surface area contributed by atoms with Gasteiger partial charge < -0.3 is 19.9 Å². The maximum atomic E-state index is 13.0. The van der Waals surface area contributed by atoms with Gasteiger partial charge in [-0.3, -0.25) is 9.69 Å². The molecule has 2 fully saturated rings. The van der Waals surface area contributed by atoms with E-state index in [-0.39, 0.29) is 24.1 Å². The van der Waals surface area contributed by atoms with Crippen LogP contribution in [0.4, 0.5) is 0 Å². The van der Waals surface area contributed by atoms with Crippen molar-refractivity contribution in [3.63, 3.8) is 0 Å². The molecule has 2 aliphatic rings. The first kappa shape index (κ1) is 22.8. The smallest absolute Gasteiger partial charge is 0.335 e. The molecule has 0 radical (unpaired) electrons. The highest BCUT2D eigenvalue weighted by Gasteiger charge is 2.36. The molecule has 1 amide bonds. The van der Waals surface area contributed by atoms with Crippen LogP contribution in [-0.4, -0.2) is 40.1 Å². The number of benzene rings is 2. The summed E-state index contributed by atoms with van der Waals surface area (Å²) in [6.45, 7) is 0.265. The molecule has 1 aliphatic carbocycles. The molecule has 1 saturated heterocycles. The minimum Gasteiger partial charge on any atom is -0.493 e. The van der Waals surface area contributed by atoms with Gasteiger partial charge in [-0.15, -0.1) is 0 Å². The number of carboxylic acids is 1. The van der Waals surface area contributed by atoms with E-state index in [1.54, 1.807) is 54.5 Å². The van der Waals surface area contributed by atoms with Crippen molar-refractivity contribution in [1.29, 1.82) is 0 Å². The van der Waals surface area contributed by atoms with Gasteiger partial charge in [0.1, 0.15) is 12.3 Å². The third-order valence-electron chi connectivity index (χ3n) is 5.94. The minimum atomic E-state index is -0.966. The molecule has 1 aliphatic heterocycles. The van der Waals surface area contributed by atoms with Crippen molar-refractivity contribution in [2.24, 2.45) is 0 Å². The first-order valence-electron chi connectivity index (χ1n) is 11.0. The fourth-order valence-electron chi connectivity index (χ4n) is 4.18. The van der Waals surface area contributed by atoms with Crippen LogP contribution in [0.1, 0.15) is 53.6 Å². The molecule has 0 spiro atoms. The number of rotatable bonds is 7. The first-order chi connectivity index (χ1) is 16.0. The Balaban J connectivity index is 1.46. The maximum absolute atomic E-state index is 13.0. The lowest BCUT2D eigenvalue weighted by Crippen LogP contribution is -2.41. The predicted octanol–water partition coefficient (Wildman–Crippen LogP) is 4.36. The van der Waals surface area contributed by atoms with Crippen LogP contribution < -0.4 is 14.8 Å². The highest BCUT2D eigenvalue weighted by Crippen LogP contribution is 2.31. The SMILES string of the molecule is COc1cc(/C=C2/NC(=S)N(C3CCCCC3)C2=O)ccc1OCc1ccc(C(=O)O)cc1. The van der Waals surface area contributed by atoms with Crippen LogP contribution in [-0.2, 0) is 11.4 Å². The average molecular weight is 467 g/mol. The minimum absolute atomic E-state index is 0.0870. The summed E-state index contributed by atoms with van der Waals surface area (Å²) in [5.74, 6) is 0.0263. The van der Waals surface area contributed by atoms with Gasteiger partial charge in [-0.05, 0) is 66.5 Å². The molecule has 172 valence electrons. The van der Waals surface area contributed by atoms with Gasteiger partial charge in [0, 0.05) is 6.04 Å². The molecule has 8 heteroatoms. The van der Waals surface area contributed by atoms with E-state index in [9.17, 15) is 9.59 Å². The Hall–Kier alpha value is -3.39. The predicted molar refractivity (Wildman–Crippen MR) is 128 cm³/mol. The van der Waals surface area contributed by atoms with Gasteiger partial charge in [-0.1, -0.05) is 37.5 Å². The van der Waals surface area contributed by atoms with Gasteiger partial charge >= 0.3 is 5.97 Å². The van der Waals surface area contributed by atoms with Crippen molar-refractivity contribution in [3.8, 4) is 11.5 Å². The Morgan fingerprint density at radius 2 is 1.88 bits per heavy atom. The number of carbonyl (C=O) groups is 2. The van der Waals surface area contributed by atoms with Crippen molar-refractivity contribution in [3.05, 3.63) is 64.9 Å². The van der Waals surface area contributed by atoms with Gasteiger partial charge in [0.2, 0.25) is 0 Å². The van der Waals surface area contributed by atoms with Crippen molar-refractivity contribution < 1.29 is 24.2 Å². The van der Waals surface area contributed by atoms with Crippen molar-refractivity contribution in [2.45, 2.75) is 44.8 Å². The highest BCUT2D eigenvalue weighted by atomic mass is 32.1. The van der Waals surface area contributed by atoms with E-state index in [0.29, 0.717) is 22.3 Å². The molecule has 33 heavy (non-hydrogen) atoms. The second kappa shape index (κ2) is 10.0. The lowest BCUT2D eigenvalue weighted by molar-refractivity contribution is -0.124. The summed E-state index contributed by atoms with van der Waals surface area (Å²) in [6.07, 6.45) is 7.20. The van der Waals surface area contributed by atoms with Gasteiger partial charge in [-0.2, -0.15) is 0 Å². The number of carbonyl (C=O) groups excluding carboxylic acids is 1. The average Bonchev–Trinajstić information content (AvgIpc) is 3.11. The van der Waals surface area contributed by atoms with Gasteiger partial charge in [0.15, 0.2) is 16.6 Å². The fourth-order valence-corrected chi connectivity index (χ4v) is 4.53. The molecule has 1 saturated carbocycles. The van der Waals surface area contributed by atoms with Crippen LogP contribution in [0, 0.1) is 0 Å². The number of hydrogen-bond acceptors (Lipinski definition) is 5. The summed E-state index contributed by atoms with van der Waals surface area (Å²) >= 11 is 5.44. The Labute approximate surface area is 198 Å². The Morgan fingerprint density at radius 1 is 1.15 bits per heavy atom. The van der Waals surface area contributed by atoms with Crippen LogP contribution in [0.3, 0.4) is 0 Å². The summed E-state index contributed by atoms with van der Waals surface area (Å²) in [5.41, 5.74) is 2.31. The third-order valence-corrected chi connectivity index (χ3v) is 6.24. The third kappa shape index (κ3) is 5.17. The molecular weight excluding hydrogens is 440 g/mol. The quantitative estimate of drug-likeness (QED) is 0.463. The van der Waals surface area contributed by atoms with Crippen LogP contribution >= 0.6 is 12.2 Å². The number of ether oxygens (including phenoxy) is 2. The molecular formula is C25H26N2O5S. The fraction of sp³-hybridized carbons (Fsp3) is 0.320. The number of nitrogens with one attached hydrogen (secondary N) is 1. The molecule has 4 rings (SSSR count). The summed E-state index contributed by atoms with van der Waals surface area (Å²) in [7, 11) is 1.56. The molecule has 2 aromatic carbocycles. The van der Waals surface area contributed by atoms with Gasteiger partial charge in [-0.25, -0.2) is 4.79 Å². The van der Waals surface area contributed by atoms with Gasteiger partial charge in [0.25, 0.3) is 5.91 Å². The molecule has 0 bridgehead atoms. The van der Waals surface area contributed by atoms with E-state index in [0.717, 1.165) is 36.8 Å². The lowest BCUT2D eigenvalue weighted by Gasteiger charge is -2.29. The van der Waals surface area contributed by atoms with E-state index in [1.165, 1.54) is 6.42 Å². The summed E-state index contributed by atoms with van der Waals surface area (Å²) in [5, 5.41) is 12.5. The van der Waals surface area contributed by atoms with Crippen molar-refractivity contribution in [1.82, 2.24) is 10.2 Å². The highest BCUT2D eigenvalue weighted by molar-refractivity contribution is 7.80. The topological polar surface area (TPSA) is 88.1 Å². The second-order valence-electron chi connectivity index (χ2n) is 8.16. The van der Waals surface area contributed by atoms with Crippen LogP contribution in [0.5, 0.6) is 11.5 Å². The van der Waals surface area contributed by atoms with Crippen LogP contribution in [0.2, 0.25) is 0 Å². The van der Waals surface area contributed by atoms with Gasteiger partial charge in [0.05, 0.1) is 12.7 Å². The van der Waals surface area contributed by atoms with E-state index in [4.69, 9.17) is 26.8 Å². The Bertz CT molecular complexity index is 1090. The number of hydrogen-bond donors (Lipinski definition) is 2. The maximum Gasteiger partial charge on any atom is 0.335 e. The molecule has 2 N–H and O–H groups in total. The zero-order valence-corrected chi connectivity index (χ0v) is 19.2. The molecule has 2 aromatic rings. The standard InChI is InChI=1S/C25H26N2O5S/c1-31-22-14-17(9-12-21(22)32-15-16-7-10-18(11-8-16)24(29)30)13-20-23(28)27(25(33)26-20)19-5-3-2-4-6-19/h7-14,19H,2-6,15H2,1H3,(H,26,33)(H,29,30)/b20-13+. The molecule has 1 heterocycles. The lowest BCUT2D eigenvalue weighted by atomic mass is 9.94. The monoisotopic (exact) mass is 466 g/mol. The number of aromatic carboxylic acids is 1. The summed E-state index contributed by atoms with van der Waals surface area (Å²) in [4.78, 5) is 25.7. The zero-order chi connectivity index (χ0) is 23.4. The first-order valence-corrected chi connectivity index (χ1v) is 11.4. The molecule has 7 nitrogen and oxygen atoms in total. The van der Waals surface area contributed by atoms with E-state index < -0.39 is 5.97 Å². The van der Waals surface area contributed by atoms with E-state index in [2.05, 4.69) is 5.32 Å². The van der Waals surface area contributed by atoms with Crippen molar-refractivity contribution >= 4 is 35.3 Å². The summed E-state index contributed by atoms with van der Waals surface area (Å²) in [6, 6.07) is 12.1. The Kier molecular flexibility index (Phi) is 6.93. The molecule has 0 aromatic heterocycles. The summed E-state index contributed by atoms with van der Waals surface area (Å²) < 4.78 is 11.3. The number of amides is 1. The van der Waals surface area contributed by atoms with E-state index >= 15 is 0 Å². The number of nitrogens with zero attached hydrogens (tertiary/aromatic N) is 1. The second-order valence-corrected chi connectivity index (χ2v) is 8.54. The largest absolute Gasteiger partial charge is 0.493 e. The number of carboxylic acid groups (broad SMARTS) is 1. The Morgan fingerprint density at radius 3 is 2.55 bits per heavy atom. The molecule has 0 atom stereocenters. The van der Waals surface area contributed by atoms with E-state index in [1.807, 2.05) is 6.07 Å². The molecule has 0 unspecified atom stereocenters. The zero-order valence-electron chi connectivity index (χ0n) is 18.4. The van der Waals surface area contributed by atoms with Crippen LogP contribution in [0.15, 0.2) is 48.2 Å². The normalized spacial score (nSPS) is 17.8. The van der Waals surface area contributed by atoms with Crippen molar-refractivity contribution in [2.75, 3.05) is 7.11 Å². The van der Waals surface area contributed by atoms with Crippen LogP contribution in [0.25, 0.3) is 6.08 Å².